The van der Waals surface area contributed by atoms with Crippen molar-refractivity contribution in [2.45, 2.75) is 0 Å². The molecule has 3 rings (SSSR count). The van der Waals surface area contributed by atoms with E-state index in [0.29, 0.717) is 10.8 Å². The van der Waals surface area contributed by atoms with Crippen molar-refractivity contribution in [3.05, 3.63) is 35.6 Å². The number of nitrogens with zero attached hydrogens (tertiary/aromatic N) is 1. The Kier molecular flexibility index (Phi) is 1.91. The van der Waals surface area contributed by atoms with Crippen molar-refractivity contribution in [3.63, 3.8) is 0 Å². The highest BCUT2D eigenvalue weighted by molar-refractivity contribution is 6.35. The summed E-state index contributed by atoms with van der Waals surface area (Å²) in [6, 6.07) is 5.83. The number of H-pyrrole nitrogens is 2. The summed E-state index contributed by atoms with van der Waals surface area (Å²) in [4.78, 5) is 3.13. The zero-order valence-corrected chi connectivity index (χ0v) is 9.05. The van der Waals surface area contributed by atoms with Gasteiger partial charge in [-0.1, -0.05) is 11.6 Å². The summed E-state index contributed by atoms with van der Waals surface area (Å²) < 4.78 is 0. The molecule has 80 valence electrons. The molecule has 3 aromatic rings. The third-order valence-corrected chi connectivity index (χ3v) is 2.91. The van der Waals surface area contributed by atoms with E-state index in [4.69, 9.17) is 17.3 Å². The van der Waals surface area contributed by atoms with Crippen LogP contribution in [0.25, 0.3) is 22.0 Å². The Morgan fingerprint density at radius 1 is 1.31 bits per heavy atom. The SMILES string of the molecule is Nc1[nH]ncc1-c1cc(Cl)c2cc[nH]c2c1. The Bertz CT molecular complexity index is 653. The van der Waals surface area contributed by atoms with E-state index in [2.05, 4.69) is 15.2 Å². The number of benzene rings is 1. The third-order valence-electron chi connectivity index (χ3n) is 2.60. The second-order valence-electron chi connectivity index (χ2n) is 3.59. The molecule has 0 saturated carbocycles. The van der Waals surface area contributed by atoms with Crippen molar-refractivity contribution in [1.29, 1.82) is 0 Å². The number of hydrogen-bond acceptors (Lipinski definition) is 2. The molecule has 0 atom stereocenters. The molecule has 4 N–H and O–H groups in total. The highest BCUT2D eigenvalue weighted by Gasteiger charge is 2.08. The third kappa shape index (κ3) is 1.27. The fourth-order valence-electron chi connectivity index (χ4n) is 1.80. The maximum atomic E-state index is 6.18. The molecule has 4 nitrogen and oxygen atoms in total. The maximum absolute atomic E-state index is 6.18. The predicted octanol–water partition coefficient (Wildman–Crippen LogP) is 2.79. The number of nitrogens with two attached hydrogens (primary N) is 1. The molecule has 0 fully saturated rings. The van der Waals surface area contributed by atoms with Gasteiger partial charge in [0.25, 0.3) is 0 Å². The van der Waals surface area contributed by atoms with Crippen LogP contribution in [0.15, 0.2) is 30.6 Å². The molecule has 5 heteroatoms. The lowest BCUT2D eigenvalue weighted by Crippen LogP contribution is -1.87. The Labute approximate surface area is 96.4 Å². The van der Waals surface area contributed by atoms with Crippen molar-refractivity contribution in [1.82, 2.24) is 15.2 Å². The predicted molar refractivity (Wildman–Crippen MR) is 65.3 cm³/mol. The number of halogens is 1. The lowest BCUT2D eigenvalue weighted by atomic mass is 10.1. The average molecular weight is 233 g/mol. The largest absolute Gasteiger partial charge is 0.384 e. The van der Waals surface area contributed by atoms with Gasteiger partial charge in [-0.15, -0.1) is 0 Å². The average Bonchev–Trinajstić information content (AvgIpc) is 2.85. The molecule has 0 aliphatic carbocycles. The summed E-state index contributed by atoms with van der Waals surface area (Å²) in [6.45, 7) is 0. The van der Waals surface area contributed by atoms with Gasteiger partial charge in [0.2, 0.25) is 0 Å². The molecular weight excluding hydrogens is 224 g/mol. The van der Waals surface area contributed by atoms with Gasteiger partial charge in [0.15, 0.2) is 0 Å². The number of hydrogen-bond donors (Lipinski definition) is 3. The molecule has 0 aliphatic rings. The summed E-state index contributed by atoms with van der Waals surface area (Å²) in [5.74, 6) is 0.543. The monoisotopic (exact) mass is 232 g/mol. The molecule has 0 saturated heterocycles. The van der Waals surface area contributed by atoms with Gasteiger partial charge in [-0.25, -0.2) is 0 Å². The van der Waals surface area contributed by atoms with Gasteiger partial charge in [-0.2, -0.15) is 5.10 Å². The Morgan fingerprint density at radius 2 is 2.19 bits per heavy atom. The zero-order valence-electron chi connectivity index (χ0n) is 8.29. The van der Waals surface area contributed by atoms with E-state index in [9.17, 15) is 0 Å². The van der Waals surface area contributed by atoms with Crippen molar-refractivity contribution in [3.8, 4) is 11.1 Å². The Balaban J connectivity index is 2.29. The van der Waals surface area contributed by atoms with Crippen LogP contribution in [0.5, 0.6) is 0 Å². The van der Waals surface area contributed by atoms with Gasteiger partial charge in [0.05, 0.1) is 11.2 Å². The molecule has 16 heavy (non-hydrogen) atoms. The van der Waals surface area contributed by atoms with E-state index in [0.717, 1.165) is 22.0 Å². The summed E-state index contributed by atoms with van der Waals surface area (Å²) in [5, 5.41) is 8.31. The first-order chi connectivity index (χ1) is 7.75. The van der Waals surface area contributed by atoms with Crippen LogP contribution in [0.3, 0.4) is 0 Å². The summed E-state index contributed by atoms with van der Waals surface area (Å²) in [7, 11) is 0. The minimum atomic E-state index is 0.543. The van der Waals surface area contributed by atoms with Crippen LogP contribution in [-0.4, -0.2) is 15.2 Å². The standard InChI is InChI=1S/C11H9ClN4/c12-9-3-6(8-5-15-16-11(8)13)4-10-7(9)1-2-14-10/h1-5,14H,(H3,13,15,16). The van der Waals surface area contributed by atoms with Gasteiger partial charge in [0.1, 0.15) is 5.82 Å². The molecule has 0 spiro atoms. The van der Waals surface area contributed by atoms with Gasteiger partial charge >= 0.3 is 0 Å². The lowest BCUT2D eigenvalue weighted by molar-refractivity contribution is 1.10. The fraction of sp³-hybridized carbons (Fsp3) is 0. The Morgan fingerprint density at radius 3 is 2.94 bits per heavy atom. The number of anilines is 1. The number of fused-ring (bicyclic) bond motifs is 1. The summed E-state index contributed by atoms with van der Waals surface area (Å²) in [5.41, 5.74) is 8.57. The van der Waals surface area contributed by atoms with E-state index in [-0.39, 0.29) is 0 Å². The number of nitrogens with one attached hydrogen (secondary N) is 2. The number of nitrogen functional groups attached to an aromatic ring is 1. The molecule has 0 unspecified atom stereocenters. The van der Waals surface area contributed by atoms with Crippen LogP contribution in [0.1, 0.15) is 0 Å². The molecule has 2 aromatic heterocycles. The minimum Gasteiger partial charge on any atom is -0.384 e. The molecule has 0 radical (unpaired) electrons. The molecule has 0 amide bonds. The minimum absolute atomic E-state index is 0.543. The highest BCUT2D eigenvalue weighted by atomic mass is 35.5. The summed E-state index contributed by atoms with van der Waals surface area (Å²) >= 11 is 6.18. The quantitative estimate of drug-likeness (QED) is 0.604. The van der Waals surface area contributed by atoms with Crippen LogP contribution in [-0.2, 0) is 0 Å². The lowest BCUT2D eigenvalue weighted by Gasteiger charge is -2.02. The van der Waals surface area contributed by atoms with E-state index >= 15 is 0 Å². The zero-order chi connectivity index (χ0) is 11.1. The number of aromatic amines is 2. The number of rotatable bonds is 1. The Hall–Kier alpha value is -1.94. The first-order valence-corrected chi connectivity index (χ1v) is 5.19. The molecule has 0 aliphatic heterocycles. The maximum Gasteiger partial charge on any atom is 0.126 e. The smallest absolute Gasteiger partial charge is 0.126 e. The first kappa shape index (κ1) is 9.30. The van der Waals surface area contributed by atoms with Crippen LogP contribution in [0.4, 0.5) is 5.82 Å². The van der Waals surface area contributed by atoms with E-state index in [1.165, 1.54) is 0 Å². The van der Waals surface area contributed by atoms with Crippen molar-refractivity contribution < 1.29 is 0 Å². The van der Waals surface area contributed by atoms with E-state index in [1.807, 2.05) is 24.4 Å². The molecule has 0 bridgehead atoms. The van der Waals surface area contributed by atoms with Gasteiger partial charge in [-0.05, 0) is 23.8 Å². The molecule has 2 heterocycles. The van der Waals surface area contributed by atoms with Gasteiger partial charge in [-0.3, -0.25) is 5.10 Å². The van der Waals surface area contributed by atoms with Gasteiger partial charge in [0, 0.05) is 22.7 Å². The van der Waals surface area contributed by atoms with Crippen LogP contribution in [0, 0.1) is 0 Å². The normalized spacial score (nSPS) is 11.1. The van der Waals surface area contributed by atoms with Crippen molar-refractivity contribution in [2.75, 3.05) is 5.73 Å². The van der Waals surface area contributed by atoms with Crippen molar-refractivity contribution >= 4 is 28.3 Å². The van der Waals surface area contributed by atoms with Crippen LogP contribution in [0.2, 0.25) is 5.02 Å². The fourth-order valence-corrected chi connectivity index (χ4v) is 2.09. The molecule has 1 aromatic carbocycles. The molecular formula is C11H9ClN4. The van der Waals surface area contributed by atoms with Crippen LogP contribution < -0.4 is 5.73 Å². The summed E-state index contributed by atoms with van der Waals surface area (Å²) in [6.07, 6.45) is 3.55. The second kappa shape index (κ2) is 3.28. The second-order valence-corrected chi connectivity index (χ2v) is 4.00. The van der Waals surface area contributed by atoms with Crippen molar-refractivity contribution in [2.24, 2.45) is 0 Å². The van der Waals surface area contributed by atoms with E-state index < -0.39 is 0 Å². The first-order valence-electron chi connectivity index (χ1n) is 4.81. The topological polar surface area (TPSA) is 70.5 Å². The number of aromatic nitrogens is 3. The van der Waals surface area contributed by atoms with E-state index in [1.54, 1.807) is 6.20 Å². The van der Waals surface area contributed by atoms with Gasteiger partial charge < -0.3 is 10.7 Å². The van der Waals surface area contributed by atoms with Crippen LogP contribution >= 0.6 is 11.6 Å². The highest BCUT2D eigenvalue weighted by Crippen LogP contribution is 2.31.